The third kappa shape index (κ3) is 3.67. The Labute approximate surface area is 153 Å². The van der Waals surface area contributed by atoms with E-state index in [-0.39, 0.29) is 5.91 Å². The monoisotopic (exact) mass is 346 g/mol. The molecule has 0 atom stereocenters. The van der Waals surface area contributed by atoms with Crippen molar-refractivity contribution in [3.05, 3.63) is 83.4 Å². The first-order valence-electron chi connectivity index (χ1n) is 9.08. The van der Waals surface area contributed by atoms with Gasteiger partial charge in [0.05, 0.1) is 0 Å². The number of H-pyrrole nitrogens is 1. The van der Waals surface area contributed by atoms with Crippen LogP contribution in [0.5, 0.6) is 0 Å². The van der Waals surface area contributed by atoms with E-state index in [2.05, 4.69) is 52.7 Å². The van der Waals surface area contributed by atoms with Crippen LogP contribution in [0.3, 0.4) is 0 Å². The Balaban J connectivity index is 1.40. The number of hydrogen-bond donors (Lipinski definition) is 1. The molecule has 5 heteroatoms. The number of carbonyl (C=O) groups is 1. The maximum Gasteiger partial charge on any atom is 0.271 e. The summed E-state index contributed by atoms with van der Waals surface area (Å²) < 4.78 is 0. The molecular formula is C21H22N4O. The van der Waals surface area contributed by atoms with Gasteiger partial charge in [-0.05, 0) is 36.6 Å². The summed E-state index contributed by atoms with van der Waals surface area (Å²) in [5.41, 5.74) is 4.08. The summed E-state index contributed by atoms with van der Waals surface area (Å²) in [6.07, 6.45) is 4.36. The fourth-order valence-corrected chi connectivity index (χ4v) is 3.55. The van der Waals surface area contributed by atoms with E-state index in [1.54, 1.807) is 12.3 Å². The first-order chi connectivity index (χ1) is 12.8. The standard InChI is InChI=1S/C21H22N4O/c26-21(20-9-12-22-24-20)25-13-10-17(11-14-25)19-8-4-7-18(23-19)15-16-5-2-1-3-6-16/h1-9,12,17H,10-11,13-15H2,(H,22,24). The highest BCUT2D eigenvalue weighted by Crippen LogP contribution is 2.27. The smallest absolute Gasteiger partial charge is 0.271 e. The number of hydrogen-bond acceptors (Lipinski definition) is 3. The predicted octanol–water partition coefficient (Wildman–Crippen LogP) is 3.42. The number of nitrogens with zero attached hydrogens (tertiary/aromatic N) is 3. The largest absolute Gasteiger partial charge is 0.337 e. The molecule has 1 fully saturated rings. The fraction of sp³-hybridized carbons (Fsp3) is 0.286. The summed E-state index contributed by atoms with van der Waals surface area (Å²) in [5, 5.41) is 6.62. The molecule has 3 aromatic rings. The molecule has 0 radical (unpaired) electrons. The van der Waals surface area contributed by atoms with Gasteiger partial charge in [-0.2, -0.15) is 5.10 Å². The lowest BCUT2D eigenvalue weighted by atomic mass is 9.92. The molecule has 1 aromatic carbocycles. The van der Waals surface area contributed by atoms with Crippen LogP contribution in [-0.4, -0.2) is 39.1 Å². The van der Waals surface area contributed by atoms with Crippen LogP contribution in [0.4, 0.5) is 0 Å². The number of amides is 1. The Hall–Kier alpha value is -2.95. The molecule has 2 aromatic heterocycles. The molecule has 0 spiro atoms. The summed E-state index contributed by atoms with van der Waals surface area (Å²) in [6.45, 7) is 1.51. The van der Waals surface area contributed by atoms with Gasteiger partial charge in [0.1, 0.15) is 5.69 Å². The van der Waals surface area contributed by atoms with Crippen LogP contribution in [0.15, 0.2) is 60.8 Å². The molecular weight excluding hydrogens is 324 g/mol. The minimum absolute atomic E-state index is 0.0340. The van der Waals surface area contributed by atoms with Crippen molar-refractivity contribution in [1.29, 1.82) is 0 Å². The molecule has 3 heterocycles. The van der Waals surface area contributed by atoms with Crippen molar-refractivity contribution >= 4 is 5.91 Å². The topological polar surface area (TPSA) is 61.9 Å². The van der Waals surface area contributed by atoms with Gasteiger partial charge in [0.15, 0.2) is 0 Å². The molecule has 1 N–H and O–H groups in total. The zero-order chi connectivity index (χ0) is 17.8. The summed E-state index contributed by atoms with van der Waals surface area (Å²) in [7, 11) is 0. The average molecular weight is 346 g/mol. The highest BCUT2D eigenvalue weighted by molar-refractivity contribution is 5.92. The summed E-state index contributed by atoms with van der Waals surface area (Å²) in [4.78, 5) is 19.2. The van der Waals surface area contributed by atoms with Gasteiger partial charge < -0.3 is 4.90 Å². The molecule has 5 nitrogen and oxygen atoms in total. The molecule has 4 rings (SSSR count). The minimum Gasteiger partial charge on any atom is -0.337 e. The van der Waals surface area contributed by atoms with Crippen LogP contribution in [0, 0.1) is 0 Å². The zero-order valence-corrected chi connectivity index (χ0v) is 14.6. The molecule has 1 amide bonds. The van der Waals surface area contributed by atoms with Gasteiger partial charge in [-0.15, -0.1) is 0 Å². The van der Waals surface area contributed by atoms with Gasteiger partial charge in [-0.1, -0.05) is 36.4 Å². The number of rotatable bonds is 4. The highest BCUT2D eigenvalue weighted by atomic mass is 16.2. The van der Waals surface area contributed by atoms with Gasteiger partial charge in [-0.25, -0.2) is 0 Å². The Bertz CT molecular complexity index is 853. The minimum atomic E-state index is 0.0340. The van der Waals surface area contributed by atoms with E-state index in [0.29, 0.717) is 11.6 Å². The highest BCUT2D eigenvalue weighted by Gasteiger charge is 2.25. The molecule has 1 aliphatic heterocycles. The Morgan fingerprint density at radius 2 is 1.85 bits per heavy atom. The fourth-order valence-electron chi connectivity index (χ4n) is 3.55. The lowest BCUT2D eigenvalue weighted by molar-refractivity contribution is 0.0706. The molecule has 132 valence electrons. The lowest BCUT2D eigenvalue weighted by Crippen LogP contribution is -2.38. The molecule has 0 saturated carbocycles. The van der Waals surface area contributed by atoms with E-state index in [1.165, 1.54) is 5.56 Å². The third-order valence-corrected chi connectivity index (χ3v) is 4.99. The number of benzene rings is 1. The zero-order valence-electron chi connectivity index (χ0n) is 14.6. The molecule has 26 heavy (non-hydrogen) atoms. The van der Waals surface area contributed by atoms with E-state index < -0.39 is 0 Å². The van der Waals surface area contributed by atoms with Crippen molar-refractivity contribution < 1.29 is 4.79 Å². The Morgan fingerprint density at radius 3 is 2.58 bits per heavy atom. The number of nitrogens with one attached hydrogen (secondary N) is 1. The van der Waals surface area contributed by atoms with Crippen LogP contribution in [0.25, 0.3) is 0 Å². The number of likely N-dealkylation sites (tertiary alicyclic amines) is 1. The van der Waals surface area contributed by atoms with E-state index in [1.807, 2.05) is 11.0 Å². The van der Waals surface area contributed by atoms with Crippen LogP contribution >= 0.6 is 0 Å². The van der Waals surface area contributed by atoms with Crippen molar-refractivity contribution in [2.24, 2.45) is 0 Å². The molecule has 1 aliphatic rings. The SMILES string of the molecule is O=C(c1ccn[nH]1)N1CCC(c2cccc(Cc3ccccc3)n2)CC1. The van der Waals surface area contributed by atoms with Crippen LogP contribution in [-0.2, 0) is 6.42 Å². The summed E-state index contributed by atoms with van der Waals surface area (Å²) >= 11 is 0. The second kappa shape index (κ2) is 7.52. The molecule has 0 unspecified atom stereocenters. The predicted molar refractivity (Wildman–Crippen MR) is 100.0 cm³/mol. The van der Waals surface area contributed by atoms with E-state index in [9.17, 15) is 4.79 Å². The number of carbonyl (C=O) groups excluding carboxylic acids is 1. The maximum atomic E-state index is 12.4. The molecule has 1 saturated heterocycles. The Morgan fingerprint density at radius 1 is 1.04 bits per heavy atom. The van der Waals surface area contributed by atoms with Gasteiger partial charge in [0.2, 0.25) is 0 Å². The maximum absolute atomic E-state index is 12.4. The van der Waals surface area contributed by atoms with Crippen molar-refractivity contribution in [1.82, 2.24) is 20.1 Å². The van der Waals surface area contributed by atoms with Gasteiger partial charge in [0, 0.05) is 43.0 Å². The number of pyridine rings is 1. The number of aromatic amines is 1. The number of piperidine rings is 1. The Kier molecular flexibility index (Phi) is 4.78. The van der Waals surface area contributed by atoms with Crippen molar-refractivity contribution in [3.8, 4) is 0 Å². The normalized spacial score (nSPS) is 15.2. The second-order valence-electron chi connectivity index (χ2n) is 6.75. The van der Waals surface area contributed by atoms with E-state index in [0.717, 1.165) is 43.7 Å². The lowest BCUT2D eigenvalue weighted by Gasteiger charge is -2.31. The quantitative estimate of drug-likeness (QED) is 0.787. The average Bonchev–Trinajstić information content (AvgIpc) is 3.23. The second-order valence-corrected chi connectivity index (χ2v) is 6.75. The summed E-state index contributed by atoms with van der Waals surface area (Å²) in [6, 6.07) is 18.5. The molecule has 0 bridgehead atoms. The van der Waals surface area contributed by atoms with Crippen LogP contribution in [0.1, 0.15) is 46.2 Å². The van der Waals surface area contributed by atoms with Gasteiger partial charge in [0.25, 0.3) is 5.91 Å². The van der Waals surface area contributed by atoms with Crippen molar-refractivity contribution in [2.75, 3.05) is 13.1 Å². The van der Waals surface area contributed by atoms with E-state index in [4.69, 9.17) is 4.98 Å². The summed E-state index contributed by atoms with van der Waals surface area (Å²) in [5.74, 6) is 0.447. The van der Waals surface area contributed by atoms with Gasteiger partial charge >= 0.3 is 0 Å². The number of aromatic nitrogens is 3. The first-order valence-corrected chi connectivity index (χ1v) is 9.08. The van der Waals surface area contributed by atoms with E-state index >= 15 is 0 Å². The van der Waals surface area contributed by atoms with Crippen molar-refractivity contribution in [3.63, 3.8) is 0 Å². The first kappa shape index (κ1) is 16.5. The van der Waals surface area contributed by atoms with Crippen molar-refractivity contribution in [2.45, 2.75) is 25.2 Å². The van der Waals surface area contributed by atoms with Crippen LogP contribution < -0.4 is 0 Å². The van der Waals surface area contributed by atoms with Crippen LogP contribution in [0.2, 0.25) is 0 Å². The van der Waals surface area contributed by atoms with Gasteiger partial charge in [-0.3, -0.25) is 14.9 Å². The molecule has 0 aliphatic carbocycles. The third-order valence-electron chi connectivity index (χ3n) is 4.99.